The highest BCUT2D eigenvalue weighted by molar-refractivity contribution is 6.30. The van der Waals surface area contributed by atoms with E-state index in [1.165, 1.54) is 6.92 Å². The van der Waals surface area contributed by atoms with Crippen LogP contribution in [0.4, 0.5) is 21.9 Å². The highest BCUT2D eigenvalue weighted by atomic mass is 35.5. The Kier molecular flexibility index (Phi) is 5.63. The molecule has 0 aromatic heterocycles. The van der Waals surface area contributed by atoms with Crippen LogP contribution in [0.2, 0.25) is 5.02 Å². The van der Waals surface area contributed by atoms with Crippen molar-refractivity contribution in [1.29, 1.82) is 0 Å². The van der Waals surface area contributed by atoms with Crippen LogP contribution in [0.3, 0.4) is 0 Å². The third-order valence-corrected chi connectivity index (χ3v) is 4.41. The van der Waals surface area contributed by atoms with Crippen LogP contribution < -0.4 is 15.5 Å². The van der Waals surface area contributed by atoms with Gasteiger partial charge in [0.05, 0.1) is 0 Å². The van der Waals surface area contributed by atoms with E-state index in [1.54, 1.807) is 29.2 Å². The van der Waals surface area contributed by atoms with Gasteiger partial charge < -0.3 is 20.4 Å². The van der Waals surface area contributed by atoms with E-state index in [0.29, 0.717) is 29.5 Å². The summed E-state index contributed by atoms with van der Waals surface area (Å²) in [5.41, 5.74) is 2.38. The number of hydrogen-bond donors (Lipinski definition) is 2. The molecule has 2 aromatic rings. The normalized spacial score (nSPS) is 14.1. The maximum absolute atomic E-state index is 12.5. The molecule has 0 atom stereocenters. The molecular weight excluding hydrogens is 352 g/mol. The SMILES string of the molecule is CC(=O)Nc1cccc(NC(=O)N2CCN(c3cccc(Cl)c3)CC2)c1. The number of benzene rings is 2. The Hall–Kier alpha value is -2.73. The molecule has 136 valence electrons. The lowest BCUT2D eigenvalue weighted by molar-refractivity contribution is -0.114. The van der Waals surface area contributed by atoms with Gasteiger partial charge >= 0.3 is 6.03 Å². The molecule has 2 aromatic carbocycles. The van der Waals surface area contributed by atoms with Gasteiger partial charge in [-0.3, -0.25) is 4.79 Å². The average Bonchev–Trinajstić information content (AvgIpc) is 2.61. The van der Waals surface area contributed by atoms with E-state index in [9.17, 15) is 9.59 Å². The number of carbonyl (C=O) groups is 2. The second kappa shape index (κ2) is 8.10. The number of nitrogens with zero attached hydrogens (tertiary/aromatic N) is 2. The first-order valence-corrected chi connectivity index (χ1v) is 8.83. The molecule has 0 aliphatic carbocycles. The Balaban J connectivity index is 1.56. The van der Waals surface area contributed by atoms with Crippen molar-refractivity contribution in [2.45, 2.75) is 6.92 Å². The summed E-state index contributed by atoms with van der Waals surface area (Å²) in [7, 11) is 0. The molecule has 0 bridgehead atoms. The zero-order chi connectivity index (χ0) is 18.5. The molecule has 1 heterocycles. The fourth-order valence-electron chi connectivity index (χ4n) is 2.92. The molecular formula is C19H21ClN4O2. The summed E-state index contributed by atoms with van der Waals surface area (Å²) < 4.78 is 0. The summed E-state index contributed by atoms with van der Waals surface area (Å²) in [6.07, 6.45) is 0. The van der Waals surface area contributed by atoms with Crippen molar-refractivity contribution in [3.63, 3.8) is 0 Å². The van der Waals surface area contributed by atoms with Crippen LogP contribution in [-0.2, 0) is 4.79 Å². The zero-order valence-corrected chi connectivity index (χ0v) is 15.3. The highest BCUT2D eigenvalue weighted by Crippen LogP contribution is 2.21. The number of nitrogens with one attached hydrogen (secondary N) is 2. The largest absolute Gasteiger partial charge is 0.368 e. The summed E-state index contributed by atoms with van der Waals surface area (Å²) in [6, 6.07) is 14.7. The van der Waals surface area contributed by atoms with Gasteiger partial charge in [-0.05, 0) is 36.4 Å². The van der Waals surface area contributed by atoms with Crippen LogP contribution in [-0.4, -0.2) is 43.0 Å². The van der Waals surface area contributed by atoms with Gasteiger partial charge in [0.2, 0.25) is 5.91 Å². The Morgan fingerprint density at radius 2 is 1.58 bits per heavy atom. The van der Waals surface area contributed by atoms with E-state index in [-0.39, 0.29) is 11.9 Å². The van der Waals surface area contributed by atoms with Crippen LogP contribution >= 0.6 is 11.6 Å². The maximum Gasteiger partial charge on any atom is 0.321 e. The summed E-state index contributed by atoms with van der Waals surface area (Å²) in [5, 5.41) is 6.30. The van der Waals surface area contributed by atoms with Crippen LogP contribution in [0.5, 0.6) is 0 Å². The van der Waals surface area contributed by atoms with Crippen LogP contribution in [0, 0.1) is 0 Å². The van der Waals surface area contributed by atoms with E-state index in [2.05, 4.69) is 15.5 Å². The molecule has 0 unspecified atom stereocenters. The van der Waals surface area contributed by atoms with E-state index < -0.39 is 0 Å². The van der Waals surface area contributed by atoms with Crippen molar-refractivity contribution < 1.29 is 9.59 Å². The Labute approximate surface area is 157 Å². The smallest absolute Gasteiger partial charge is 0.321 e. The van der Waals surface area contributed by atoms with Crippen molar-refractivity contribution in [3.8, 4) is 0 Å². The molecule has 1 saturated heterocycles. The molecule has 1 aliphatic rings. The number of urea groups is 1. The number of carbonyl (C=O) groups excluding carboxylic acids is 2. The molecule has 2 N–H and O–H groups in total. The molecule has 7 heteroatoms. The third kappa shape index (κ3) is 4.67. The molecule has 0 radical (unpaired) electrons. The summed E-state index contributed by atoms with van der Waals surface area (Å²) >= 11 is 6.05. The second-order valence-corrected chi connectivity index (χ2v) is 6.58. The number of piperazine rings is 1. The predicted molar refractivity (Wildman–Crippen MR) is 105 cm³/mol. The van der Waals surface area contributed by atoms with Gasteiger partial charge in [0.15, 0.2) is 0 Å². The van der Waals surface area contributed by atoms with Crippen molar-refractivity contribution in [1.82, 2.24) is 4.90 Å². The van der Waals surface area contributed by atoms with Gasteiger partial charge in [-0.1, -0.05) is 23.7 Å². The first kappa shape index (κ1) is 18.1. The van der Waals surface area contributed by atoms with Gasteiger partial charge in [-0.2, -0.15) is 0 Å². The topological polar surface area (TPSA) is 64.7 Å². The molecule has 6 nitrogen and oxygen atoms in total. The van der Waals surface area contributed by atoms with Crippen LogP contribution in [0.1, 0.15) is 6.92 Å². The zero-order valence-electron chi connectivity index (χ0n) is 14.5. The van der Waals surface area contributed by atoms with E-state index in [1.807, 2.05) is 24.3 Å². The molecule has 0 spiro atoms. The molecule has 0 saturated carbocycles. The standard InChI is InChI=1S/C19H21ClN4O2/c1-14(25)21-16-5-3-6-17(13-16)22-19(26)24-10-8-23(9-11-24)18-7-2-4-15(20)12-18/h2-7,12-13H,8-11H2,1H3,(H,21,25)(H,22,26). The van der Waals surface area contributed by atoms with Crippen molar-refractivity contribution in [2.75, 3.05) is 41.7 Å². The van der Waals surface area contributed by atoms with Gasteiger partial charge in [0.1, 0.15) is 0 Å². The summed E-state index contributed by atoms with van der Waals surface area (Å²) in [6.45, 7) is 4.21. The van der Waals surface area contributed by atoms with E-state index >= 15 is 0 Å². The predicted octanol–water partition coefficient (Wildman–Crippen LogP) is 3.65. The van der Waals surface area contributed by atoms with Crippen molar-refractivity contribution >= 4 is 40.6 Å². The van der Waals surface area contributed by atoms with Gasteiger partial charge in [-0.15, -0.1) is 0 Å². The maximum atomic E-state index is 12.5. The van der Waals surface area contributed by atoms with Crippen molar-refractivity contribution in [3.05, 3.63) is 53.6 Å². The van der Waals surface area contributed by atoms with Crippen LogP contribution in [0.25, 0.3) is 0 Å². The van der Waals surface area contributed by atoms with E-state index in [0.717, 1.165) is 18.8 Å². The summed E-state index contributed by atoms with van der Waals surface area (Å²) in [4.78, 5) is 27.6. The minimum Gasteiger partial charge on any atom is -0.368 e. The molecule has 26 heavy (non-hydrogen) atoms. The quantitative estimate of drug-likeness (QED) is 0.864. The average molecular weight is 373 g/mol. The fourth-order valence-corrected chi connectivity index (χ4v) is 3.11. The first-order valence-electron chi connectivity index (χ1n) is 8.45. The minimum atomic E-state index is -0.148. The van der Waals surface area contributed by atoms with Crippen LogP contribution in [0.15, 0.2) is 48.5 Å². The lowest BCUT2D eigenvalue weighted by Gasteiger charge is -2.36. The van der Waals surface area contributed by atoms with Gasteiger partial charge in [0.25, 0.3) is 0 Å². The molecule has 1 aliphatic heterocycles. The molecule has 3 rings (SSSR count). The summed E-state index contributed by atoms with van der Waals surface area (Å²) in [5.74, 6) is -0.148. The number of anilines is 3. The molecule has 1 fully saturated rings. The number of amides is 3. The minimum absolute atomic E-state index is 0.143. The van der Waals surface area contributed by atoms with Gasteiger partial charge in [-0.25, -0.2) is 4.79 Å². The Morgan fingerprint density at radius 3 is 2.23 bits per heavy atom. The number of halogens is 1. The van der Waals surface area contributed by atoms with E-state index in [4.69, 9.17) is 11.6 Å². The number of hydrogen-bond acceptors (Lipinski definition) is 3. The lowest BCUT2D eigenvalue weighted by atomic mass is 10.2. The number of rotatable bonds is 3. The Morgan fingerprint density at radius 1 is 0.923 bits per heavy atom. The van der Waals surface area contributed by atoms with Gasteiger partial charge in [0, 0.05) is 55.2 Å². The second-order valence-electron chi connectivity index (χ2n) is 6.15. The Bertz CT molecular complexity index is 804. The highest BCUT2D eigenvalue weighted by Gasteiger charge is 2.21. The monoisotopic (exact) mass is 372 g/mol. The van der Waals surface area contributed by atoms with Crippen molar-refractivity contribution in [2.24, 2.45) is 0 Å². The fraction of sp³-hybridized carbons (Fsp3) is 0.263. The first-order chi connectivity index (χ1) is 12.5. The molecule has 3 amide bonds. The lowest BCUT2D eigenvalue weighted by Crippen LogP contribution is -2.50. The third-order valence-electron chi connectivity index (χ3n) is 4.17.